The molecule has 3 nitrogen and oxygen atoms in total. The van der Waals surface area contributed by atoms with E-state index in [0.29, 0.717) is 6.42 Å². The molecule has 0 radical (unpaired) electrons. The Labute approximate surface area is 155 Å². The molecule has 1 N–H and O–H groups in total. The summed E-state index contributed by atoms with van der Waals surface area (Å²) in [7, 11) is 0. The molecule has 0 aromatic heterocycles. The molecule has 1 heterocycles. The Morgan fingerprint density at radius 3 is 1.92 bits per heavy atom. The monoisotopic (exact) mass is 354 g/mol. The fourth-order valence-electron chi connectivity index (χ4n) is 3.78. The number of rotatable bonds is 17. The van der Waals surface area contributed by atoms with Crippen molar-refractivity contribution in [2.24, 2.45) is 5.92 Å². The Bertz CT molecular complexity index is 329. The highest BCUT2D eigenvalue weighted by Crippen LogP contribution is 2.31. The van der Waals surface area contributed by atoms with Crippen LogP contribution in [0.4, 0.5) is 0 Å². The summed E-state index contributed by atoms with van der Waals surface area (Å²) in [6.07, 6.45) is 18.6. The van der Waals surface area contributed by atoms with Gasteiger partial charge in [-0.25, -0.2) is 0 Å². The summed E-state index contributed by atoms with van der Waals surface area (Å²) in [4.78, 5) is 11.6. The van der Waals surface area contributed by atoms with Crippen molar-refractivity contribution in [1.82, 2.24) is 0 Å². The average molecular weight is 355 g/mol. The van der Waals surface area contributed by atoms with Crippen molar-refractivity contribution in [3.8, 4) is 0 Å². The molecular formula is C22H42O3. The van der Waals surface area contributed by atoms with Crippen molar-refractivity contribution in [1.29, 1.82) is 0 Å². The average Bonchev–Trinajstić information content (AvgIpc) is 2.59. The van der Waals surface area contributed by atoms with Crippen LogP contribution in [0.5, 0.6) is 0 Å². The lowest BCUT2D eigenvalue weighted by Crippen LogP contribution is -2.46. The first-order chi connectivity index (χ1) is 12.2. The van der Waals surface area contributed by atoms with E-state index < -0.39 is 0 Å². The number of carbonyl (C=O) groups excluding carboxylic acids is 1. The van der Waals surface area contributed by atoms with Crippen molar-refractivity contribution < 1.29 is 14.6 Å². The quantitative estimate of drug-likeness (QED) is 0.251. The van der Waals surface area contributed by atoms with Crippen molar-refractivity contribution in [2.45, 2.75) is 129 Å². The van der Waals surface area contributed by atoms with E-state index in [1.165, 1.54) is 70.6 Å². The minimum Gasteiger partial charge on any atom is -0.461 e. The van der Waals surface area contributed by atoms with Crippen molar-refractivity contribution in [3.63, 3.8) is 0 Å². The minimum absolute atomic E-state index is 0.0253. The van der Waals surface area contributed by atoms with Gasteiger partial charge < -0.3 is 9.84 Å². The van der Waals surface area contributed by atoms with E-state index in [1.807, 2.05) is 0 Å². The van der Waals surface area contributed by atoms with E-state index in [-0.39, 0.29) is 24.1 Å². The fourth-order valence-corrected chi connectivity index (χ4v) is 3.78. The maximum Gasteiger partial charge on any atom is 0.313 e. The predicted octanol–water partition coefficient (Wildman–Crippen LogP) is 6.17. The van der Waals surface area contributed by atoms with Gasteiger partial charge in [0.25, 0.3) is 0 Å². The van der Waals surface area contributed by atoms with Gasteiger partial charge in [-0.1, -0.05) is 97.3 Å². The molecule has 1 aliphatic heterocycles. The van der Waals surface area contributed by atoms with Crippen LogP contribution in [-0.2, 0) is 9.53 Å². The summed E-state index contributed by atoms with van der Waals surface area (Å²) in [5.74, 6) is 0.00592. The van der Waals surface area contributed by atoms with Crippen LogP contribution in [0.25, 0.3) is 0 Å². The molecule has 0 amide bonds. The van der Waals surface area contributed by atoms with Gasteiger partial charge in [-0.3, -0.25) is 4.79 Å². The van der Waals surface area contributed by atoms with E-state index >= 15 is 0 Å². The molecule has 1 rings (SSSR count). The number of carbonyl (C=O) groups is 1. The second-order valence-electron chi connectivity index (χ2n) is 7.94. The lowest BCUT2D eigenvalue weighted by atomic mass is 9.86. The molecule has 1 fully saturated rings. The zero-order valence-electron chi connectivity index (χ0n) is 16.8. The maximum absolute atomic E-state index is 11.6. The van der Waals surface area contributed by atoms with Gasteiger partial charge >= 0.3 is 5.97 Å². The van der Waals surface area contributed by atoms with Gasteiger partial charge in [-0.15, -0.1) is 0 Å². The summed E-state index contributed by atoms with van der Waals surface area (Å²) in [5.41, 5.74) is 0. The van der Waals surface area contributed by atoms with Gasteiger partial charge in [0.1, 0.15) is 6.10 Å². The Kier molecular flexibility index (Phi) is 13.1. The van der Waals surface area contributed by atoms with E-state index in [2.05, 4.69) is 13.8 Å². The highest BCUT2D eigenvalue weighted by Gasteiger charge is 2.42. The summed E-state index contributed by atoms with van der Waals surface area (Å²) >= 11 is 0. The van der Waals surface area contributed by atoms with Crippen LogP contribution in [0, 0.1) is 5.92 Å². The molecule has 0 unspecified atom stereocenters. The van der Waals surface area contributed by atoms with Crippen LogP contribution < -0.4 is 0 Å². The summed E-state index contributed by atoms with van der Waals surface area (Å²) in [6, 6.07) is 0. The van der Waals surface area contributed by atoms with Gasteiger partial charge in [-0.2, -0.15) is 0 Å². The molecule has 0 bridgehead atoms. The molecule has 1 saturated heterocycles. The van der Waals surface area contributed by atoms with Crippen molar-refractivity contribution >= 4 is 5.97 Å². The van der Waals surface area contributed by atoms with Crippen LogP contribution in [0.3, 0.4) is 0 Å². The van der Waals surface area contributed by atoms with E-state index in [9.17, 15) is 9.90 Å². The van der Waals surface area contributed by atoms with Crippen LogP contribution in [-0.4, -0.2) is 23.3 Å². The number of esters is 1. The standard InChI is InChI=1S/C22H42O3/c1-3-5-7-9-10-11-12-13-14-16-19(23)18-21-20(22(24)25-21)17-15-8-6-4-2/h19-21,23H,3-18H2,1-2H3/t19-,20+,21+/m0/s1. The van der Waals surface area contributed by atoms with Crippen LogP contribution in [0.2, 0.25) is 0 Å². The minimum atomic E-state index is -0.305. The smallest absolute Gasteiger partial charge is 0.313 e. The SMILES string of the molecule is CCCCCCCCCCC[C@H](O)C[C@H]1OC(=O)[C@@H]1CCCCCC. The van der Waals surface area contributed by atoms with E-state index in [4.69, 9.17) is 4.74 Å². The van der Waals surface area contributed by atoms with Gasteiger partial charge in [0, 0.05) is 6.42 Å². The van der Waals surface area contributed by atoms with Crippen molar-refractivity contribution in [3.05, 3.63) is 0 Å². The van der Waals surface area contributed by atoms with Gasteiger partial charge in [0.05, 0.1) is 12.0 Å². The topological polar surface area (TPSA) is 46.5 Å². The number of cyclic esters (lactones) is 1. The Hall–Kier alpha value is -0.570. The zero-order chi connectivity index (χ0) is 18.3. The Morgan fingerprint density at radius 2 is 1.36 bits per heavy atom. The normalized spacial score (nSPS) is 21.0. The maximum atomic E-state index is 11.6. The molecule has 1 aliphatic rings. The molecule has 0 aromatic rings. The lowest BCUT2D eigenvalue weighted by Gasteiger charge is -2.36. The fraction of sp³-hybridized carbons (Fsp3) is 0.955. The first kappa shape index (κ1) is 22.5. The highest BCUT2D eigenvalue weighted by atomic mass is 16.6. The largest absolute Gasteiger partial charge is 0.461 e. The first-order valence-electron chi connectivity index (χ1n) is 11.1. The highest BCUT2D eigenvalue weighted by molar-refractivity contribution is 5.78. The number of hydrogen-bond donors (Lipinski definition) is 1. The lowest BCUT2D eigenvalue weighted by molar-refractivity contribution is -0.188. The molecular weight excluding hydrogens is 312 g/mol. The van der Waals surface area contributed by atoms with Crippen LogP contribution in [0.1, 0.15) is 117 Å². The third-order valence-electron chi connectivity index (χ3n) is 5.53. The van der Waals surface area contributed by atoms with Crippen LogP contribution >= 0.6 is 0 Å². The third kappa shape index (κ3) is 10.2. The second kappa shape index (κ2) is 14.6. The molecule has 3 atom stereocenters. The third-order valence-corrected chi connectivity index (χ3v) is 5.53. The molecule has 0 saturated carbocycles. The van der Waals surface area contributed by atoms with Gasteiger partial charge in [-0.05, 0) is 12.8 Å². The zero-order valence-corrected chi connectivity index (χ0v) is 16.8. The Balaban J connectivity index is 1.98. The number of aliphatic hydroxyl groups excluding tert-OH is 1. The van der Waals surface area contributed by atoms with Crippen LogP contribution in [0.15, 0.2) is 0 Å². The summed E-state index contributed by atoms with van der Waals surface area (Å²) in [6.45, 7) is 4.45. The van der Waals surface area contributed by atoms with Gasteiger partial charge in [0.15, 0.2) is 0 Å². The molecule has 148 valence electrons. The molecule has 25 heavy (non-hydrogen) atoms. The molecule has 0 aromatic carbocycles. The number of unbranched alkanes of at least 4 members (excludes halogenated alkanes) is 11. The molecule has 0 spiro atoms. The second-order valence-corrected chi connectivity index (χ2v) is 7.94. The Morgan fingerprint density at radius 1 is 0.840 bits per heavy atom. The number of ether oxygens (including phenoxy) is 1. The number of aliphatic hydroxyl groups is 1. The first-order valence-corrected chi connectivity index (χ1v) is 11.1. The predicted molar refractivity (Wildman–Crippen MR) is 105 cm³/mol. The van der Waals surface area contributed by atoms with Crippen molar-refractivity contribution in [2.75, 3.05) is 0 Å². The molecule has 0 aliphatic carbocycles. The summed E-state index contributed by atoms with van der Waals surface area (Å²) < 4.78 is 5.27. The van der Waals surface area contributed by atoms with E-state index in [0.717, 1.165) is 25.7 Å². The number of hydrogen-bond acceptors (Lipinski definition) is 3. The summed E-state index contributed by atoms with van der Waals surface area (Å²) in [5, 5.41) is 10.2. The van der Waals surface area contributed by atoms with E-state index in [1.54, 1.807) is 0 Å². The van der Waals surface area contributed by atoms with Gasteiger partial charge in [0.2, 0.25) is 0 Å². The molecule has 3 heteroatoms.